The lowest BCUT2D eigenvalue weighted by Crippen LogP contribution is -2.29. The van der Waals surface area contributed by atoms with Crippen LogP contribution in [-0.2, 0) is 9.59 Å². The van der Waals surface area contributed by atoms with Crippen molar-refractivity contribution >= 4 is 33.4 Å². The zero-order chi connectivity index (χ0) is 27.8. The third kappa shape index (κ3) is 10.4. The molecule has 2 aromatic heterocycles. The summed E-state index contributed by atoms with van der Waals surface area (Å²) in [4.78, 5) is 38.0. The van der Waals surface area contributed by atoms with E-state index in [1.165, 1.54) is 36.8 Å². The van der Waals surface area contributed by atoms with E-state index in [1.54, 1.807) is 21.6 Å². The maximum atomic E-state index is 12.2. The molecule has 0 bridgehead atoms. The highest BCUT2D eigenvalue weighted by Crippen LogP contribution is 2.32. The summed E-state index contributed by atoms with van der Waals surface area (Å²) >= 11 is 0. The summed E-state index contributed by atoms with van der Waals surface area (Å²) in [7, 11) is 3.49. The molecular weight excluding hydrogens is 541 g/mol. The number of carbonyl (C=O) groups is 2. The molecule has 2 atom stereocenters. The predicted molar refractivity (Wildman–Crippen MR) is 165 cm³/mol. The van der Waals surface area contributed by atoms with E-state index >= 15 is 0 Å². The van der Waals surface area contributed by atoms with Crippen LogP contribution in [0.15, 0.2) is 49.1 Å². The largest absolute Gasteiger partial charge is 0.355 e. The number of aromatic nitrogens is 2. The van der Waals surface area contributed by atoms with Crippen molar-refractivity contribution < 1.29 is 9.59 Å². The number of nitrogens with zero attached hydrogens (tertiary/aromatic N) is 4. The van der Waals surface area contributed by atoms with E-state index in [-0.39, 0.29) is 11.8 Å². The van der Waals surface area contributed by atoms with Gasteiger partial charge in [-0.3, -0.25) is 29.4 Å². The van der Waals surface area contributed by atoms with E-state index in [2.05, 4.69) is 42.5 Å². The van der Waals surface area contributed by atoms with Crippen LogP contribution in [0.25, 0.3) is 0 Å². The van der Waals surface area contributed by atoms with Crippen molar-refractivity contribution in [2.45, 2.75) is 63.5 Å². The van der Waals surface area contributed by atoms with Crippen LogP contribution < -0.4 is 10.6 Å². The maximum Gasteiger partial charge on any atom is 0.220 e. The minimum atomic E-state index is 0.135. The van der Waals surface area contributed by atoms with E-state index in [0.717, 1.165) is 50.5 Å². The summed E-state index contributed by atoms with van der Waals surface area (Å²) in [5.74, 6) is 2.01. The van der Waals surface area contributed by atoms with Crippen molar-refractivity contribution in [2.75, 3.05) is 50.8 Å². The van der Waals surface area contributed by atoms with Gasteiger partial charge in [-0.25, -0.2) is 0 Å². The summed E-state index contributed by atoms with van der Waals surface area (Å²) < 4.78 is 0. The number of likely N-dealkylation sites (tertiary alicyclic amines) is 2. The standard InChI is InChI=1S/C30H44N6O2S2/c37-29(11-5-19-35-17-3-9-27(35)25-7-1-13-31-23-25)33-15-21-39-40-22-16-34-30(38)12-6-20-36-18-4-10-28(36)26-8-2-14-32-24-26/h1-2,7-8,13-14,23-24,27-28H,3-6,9-12,15-22H2,(H,33,37)(H,34,38). The molecule has 0 saturated carbocycles. The lowest BCUT2D eigenvalue weighted by atomic mass is 10.1. The van der Waals surface area contributed by atoms with Crippen molar-refractivity contribution in [2.24, 2.45) is 0 Å². The van der Waals surface area contributed by atoms with E-state index in [0.29, 0.717) is 38.0 Å². The molecule has 8 nitrogen and oxygen atoms in total. The van der Waals surface area contributed by atoms with Gasteiger partial charge >= 0.3 is 0 Å². The zero-order valence-electron chi connectivity index (χ0n) is 23.5. The Morgan fingerprint density at radius 2 is 1.25 bits per heavy atom. The number of rotatable bonds is 17. The third-order valence-electron chi connectivity index (χ3n) is 7.66. The molecule has 2 fully saturated rings. The zero-order valence-corrected chi connectivity index (χ0v) is 25.1. The first-order valence-electron chi connectivity index (χ1n) is 14.8. The number of nitrogens with one attached hydrogen (secondary N) is 2. The van der Waals surface area contributed by atoms with Crippen LogP contribution in [-0.4, -0.2) is 82.4 Å². The highest BCUT2D eigenvalue weighted by atomic mass is 33.1. The van der Waals surface area contributed by atoms with Gasteiger partial charge in [0.25, 0.3) is 0 Å². The molecule has 0 radical (unpaired) electrons. The van der Waals surface area contributed by atoms with E-state index in [1.807, 2.05) is 36.9 Å². The lowest BCUT2D eigenvalue weighted by Gasteiger charge is -2.24. The summed E-state index contributed by atoms with van der Waals surface area (Å²) in [5, 5.41) is 6.08. The Bertz CT molecular complexity index is 934. The Labute approximate surface area is 247 Å². The number of amides is 2. The highest BCUT2D eigenvalue weighted by Gasteiger charge is 2.26. The smallest absolute Gasteiger partial charge is 0.220 e. The quantitative estimate of drug-likeness (QED) is 0.206. The van der Waals surface area contributed by atoms with Gasteiger partial charge in [0.05, 0.1) is 0 Å². The second-order valence-corrected chi connectivity index (χ2v) is 13.2. The first-order chi connectivity index (χ1) is 19.7. The van der Waals surface area contributed by atoms with Crippen molar-refractivity contribution in [1.29, 1.82) is 0 Å². The molecule has 2 aromatic rings. The summed E-state index contributed by atoms with van der Waals surface area (Å²) in [6.45, 7) is 5.46. The number of pyridine rings is 2. The van der Waals surface area contributed by atoms with Gasteiger partial charge < -0.3 is 10.6 Å². The Morgan fingerprint density at radius 1 is 0.775 bits per heavy atom. The fourth-order valence-corrected chi connectivity index (χ4v) is 7.55. The SMILES string of the molecule is O=C(CCCN1CCCC1c1cccnc1)NCCSSCCNC(=O)CCCN1CCCC1c1cccnc1. The predicted octanol–water partition coefficient (Wildman–Crippen LogP) is 4.62. The second kappa shape index (κ2) is 17.6. The molecule has 0 spiro atoms. The monoisotopic (exact) mass is 584 g/mol. The van der Waals surface area contributed by atoms with Crippen molar-refractivity contribution in [3.63, 3.8) is 0 Å². The van der Waals surface area contributed by atoms with Crippen molar-refractivity contribution in [3.8, 4) is 0 Å². The van der Waals surface area contributed by atoms with Crippen LogP contribution in [0.3, 0.4) is 0 Å². The fraction of sp³-hybridized carbons (Fsp3) is 0.600. The molecule has 40 heavy (non-hydrogen) atoms. The molecule has 2 unspecified atom stereocenters. The van der Waals surface area contributed by atoms with Gasteiger partial charge in [0.1, 0.15) is 0 Å². The van der Waals surface area contributed by atoms with Crippen LogP contribution in [0.4, 0.5) is 0 Å². The van der Waals surface area contributed by atoms with Gasteiger partial charge in [-0.15, -0.1) is 0 Å². The summed E-state index contributed by atoms with van der Waals surface area (Å²) in [6.07, 6.45) is 15.2. The highest BCUT2D eigenvalue weighted by molar-refractivity contribution is 8.76. The molecule has 2 amide bonds. The van der Waals surface area contributed by atoms with E-state index in [4.69, 9.17) is 0 Å². The van der Waals surface area contributed by atoms with Crippen LogP contribution in [0.1, 0.15) is 74.6 Å². The first kappa shape index (κ1) is 30.8. The third-order valence-corrected chi connectivity index (χ3v) is 10.1. The molecule has 218 valence electrons. The average Bonchev–Trinajstić information content (AvgIpc) is 3.65. The summed E-state index contributed by atoms with van der Waals surface area (Å²) in [5.41, 5.74) is 2.57. The molecule has 2 aliphatic heterocycles. The first-order valence-corrected chi connectivity index (χ1v) is 17.3. The van der Waals surface area contributed by atoms with Gasteiger partial charge in [0.15, 0.2) is 0 Å². The Balaban J connectivity index is 0.951. The van der Waals surface area contributed by atoms with Gasteiger partial charge in [-0.05, 0) is 88.0 Å². The second-order valence-electron chi connectivity index (χ2n) is 10.5. The normalized spacial score (nSPS) is 19.6. The fourth-order valence-electron chi connectivity index (χ4n) is 5.73. The Hall–Kier alpha value is -2.14. The van der Waals surface area contributed by atoms with Gasteiger partial charge in [-0.2, -0.15) is 0 Å². The molecule has 10 heteroatoms. The molecule has 4 rings (SSSR count). The molecule has 0 aromatic carbocycles. The van der Waals surface area contributed by atoms with Gasteiger partial charge in [0, 0.05) is 74.3 Å². The molecule has 2 N–H and O–H groups in total. The average molecular weight is 585 g/mol. The van der Waals surface area contributed by atoms with Gasteiger partial charge in [0.2, 0.25) is 11.8 Å². The van der Waals surface area contributed by atoms with E-state index < -0.39 is 0 Å². The molecule has 2 aliphatic rings. The number of hydrogen-bond donors (Lipinski definition) is 2. The van der Waals surface area contributed by atoms with Crippen LogP contribution in [0.2, 0.25) is 0 Å². The van der Waals surface area contributed by atoms with Crippen LogP contribution in [0.5, 0.6) is 0 Å². The molecule has 0 aliphatic carbocycles. The van der Waals surface area contributed by atoms with E-state index in [9.17, 15) is 9.59 Å². The number of carbonyl (C=O) groups excluding carboxylic acids is 2. The van der Waals surface area contributed by atoms with Crippen LogP contribution in [0, 0.1) is 0 Å². The number of hydrogen-bond acceptors (Lipinski definition) is 8. The van der Waals surface area contributed by atoms with Crippen molar-refractivity contribution in [1.82, 2.24) is 30.4 Å². The van der Waals surface area contributed by atoms with Crippen LogP contribution >= 0.6 is 21.6 Å². The Morgan fingerprint density at radius 3 is 1.68 bits per heavy atom. The molecular formula is C30H44N6O2S2. The summed E-state index contributed by atoms with van der Waals surface area (Å²) in [6, 6.07) is 9.19. The maximum absolute atomic E-state index is 12.2. The Kier molecular flexibility index (Phi) is 13.6. The minimum absolute atomic E-state index is 0.135. The van der Waals surface area contributed by atoms with Crippen molar-refractivity contribution in [3.05, 3.63) is 60.2 Å². The lowest BCUT2D eigenvalue weighted by molar-refractivity contribution is -0.122. The van der Waals surface area contributed by atoms with Gasteiger partial charge in [-0.1, -0.05) is 33.7 Å². The molecule has 4 heterocycles. The molecule has 2 saturated heterocycles. The minimum Gasteiger partial charge on any atom is -0.355 e. The topological polar surface area (TPSA) is 90.5 Å².